The van der Waals surface area contributed by atoms with E-state index in [1.54, 1.807) is 6.07 Å². The lowest BCUT2D eigenvalue weighted by Crippen LogP contribution is -2.27. The second-order valence-electron chi connectivity index (χ2n) is 5.54. The molecule has 0 amide bonds. The van der Waals surface area contributed by atoms with Crippen molar-refractivity contribution in [2.24, 2.45) is 11.8 Å². The molecular formula is C16H20FNO. The molecule has 2 unspecified atom stereocenters. The molecule has 1 heterocycles. The highest BCUT2D eigenvalue weighted by Crippen LogP contribution is 2.43. The Morgan fingerprint density at radius 3 is 2.84 bits per heavy atom. The van der Waals surface area contributed by atoms with Crippen LogP contribution >= 0.6 is 0 Å². The minimum absolute atomic E-state index is 0.185. The summed E-state index contributed by atoms with van der Waals surface area (Å²) < 4.78 is 19.5. The van der Waals surface area contributed by atoms with E-state index in [9.17, 15) is 4.39 Å². The highest BCUT2D eigenvalue weighted by molar-refractivity contribution is 5.78. The Hall–Kier alpha value is -1.35. The molecule has 102 valence electrons. The summed E-state index contributed by atoms with van der Waals surface area (Å²) in [6, 6.07) is 7.23. The van der Waals surface area contributed by atoms with Crippen molar-refractivity contribution >= 4 is 11.0 Å². The van der Waals surface area contributed by atoms with Gasteiger partial charge in [0.2, 0.25) is 0 Å². The number of para-hydroxylation sites is 1. The smallest absolute Gasteiger partial charge is 0.169 e. The van der Waals surface area contributed by atoms with Crippen molar-refractivity contribution in [3.8, 4) is 0 Å². The monoisotopic (exact) mass is 261 g/mol. The van der Waals surface area contributed by atoms with Crippen LogP contribution in [-0.4, -0.2) is 6.54 Å². The van der Waals surface area contributed by atoms with Crippen LogP contribution in [0.25, 0.3) is 11.0 Å². The van der Waals surface area contributed by atoms with Crippen LogP contribution in [-0.2, 0) is 0 Å². The summed E-state index contributed by atoms with van der Waals surface area (Å²) in [4.78, 5) is 0. The molecule has 0 spiro atoms. The number of hydrogen-bond donors (Lipinski definition) is 1. The summed E-state index contributed by atoms with van der Waals surface area (Å²) in [7, 11) is 0. The maximum absolute atomic E-state index is 13.7. The van der Waals surface area contributed by atoms with Crippen LogP contribution in [0.1, 0.15) is 38.5 Å². The van der Waals surface area contributed by atoms with E-state index >= 15 is 0 Å². The fourth-order valence-electron chi connectivity index (χ4n) is 2.86. The topological polar surface area (TPSA) is 25.2 Å². The maximum Gasteiger partial charge on any atom is 0.169 e. The zero-order chi connectivity index (χ0) is 13.4. The van der Waals surface area contributed by atoms with Crippen molar-refractivity contribution in [3.63, 3.8) is 0 Å². The van der Waals surface area contributed by atoms with Gasteiger partial charge in [-0.15, -0.1) is 0 Å². The third kappa shape index (κ3) is 2.39. The first-order valence-electron chi connectivity index (χ1n) is 7.12. The lowest BCUT2D eigenvalue weighted by Gasteiger charge is -2.22. The number of benzene rings is 1. The fraction of sp³-hybridized carbons (Fsp3) is 0.500. The van der Waals surface area contributed by atoms with E-state index in [0.29, 0.717) is 11.5 Å². The van der Waals surface area contributed by atoms with Gasteiger partial charge in [0, 0.05) is 5.39 Å². The zero-order valence-corrected chi connectivity index (χ0v) is 11.4. The van der Waals surface area contributed by atoms with E-state index in [4.69, 9.17) is 4.42 Å². The third-order valence-electron chi connectivity index (χ3n) is 4.14. The average molecular weight is 261 g/mol. The zero-order valence-electron chi connectivity index (χ0n) is 11.4. The van der Waals surface area contributed by atoms with E-state index in [2.05, 4.69) is 19.2 Å². The van der Waals surface area contributed by atoms with Gasteiger partial charge in [0.25, 0.3) is 0 Å². The molecule has 0 radical (unpaired) electrons. The first-order chi connectivity index (χ1) is 9.20. The second-order valence-corrected chi connectivity index (χ2v) is 5.54. The molecule has 3 rings (SSSR count). The van der Waals surface area contributed by atoms with Gasteiger partial charge in [-0.1, -0.05) is 26.0 Å². The maximum atomic E-state index is 13.7. The van der Waals surface area contributed by atoms with E-state index in [1.165, 1.54) is 18.9 Å². The molecule has 1 saturated carbocycles. The molecular weight excluding hydrogens is 241 g/mol. The molecule has 0 bridgehead atoms. The molecule has 2 atom stereocenters. The van der Waals surface area contributed by atoms with Crippen LogP contribution in [0.5, 0.6) is 0 Å². The van der Waals surface area contributed by atoms with Crippen LogP contribution in [0.15, 0.2) is 28.7 Å². The van der Waals surface area contributed by atoms with Gasteiger partial charge in [0.1, 0.15) is 5.76 Å². The molecule has 0 aliphatic heterocycles. The molecule has 1 N–H and O–H groups in total. The van der Waals surface area contributed by atoms with Crippen molar-refractivity contribution in [1.29, 1.82) is 0 Å². The van der Waals surface area contributed by atoms with Gasteiger partial charge in [-0.05, 0) is 43.4 Å². The summed E-state index contributed by atoms with van der Waals surface area (Å²) in [5.41, 5.74) is 0.378. The lowest BCUT2D eigenvalue weighted by atomic mass is 9.94. The van der Waals surface area contributed by atoms with E-state index in [-0.39, 0.29) is 11.9 Å². The predicted molar refractivity (Wildman–Crippen MR) is 74.5 cm³/mol. The third-order valence-corrected chi connectivity index (χ3v) is 4.14. The number of hydrogen-bond acceptors (Lipinski definition) is 2. The normalized spacial score (nSPS) is 18.7. The van der Waals surface area contributed by atoms with Gasteiger partial charge in [0.15, 0.2) is 11.4 Å². The van der Waals surface area contributed by atoms with Gasteiger partial charge in [-0.25, -0.2) is 4.39 Å². The molecule has 1 fully saturated rings. The van der Waals surface area contributed by atoms with Gasteiger partial charge in [-0.3, -0.25) is 0 Å². The minimum Gasteiger partial charge on any atom is -0.456 e. The van der Waals surface area contributed by atoms with Crippen molar-refractivity contribution < 1.29 is 8.81 Å². The number of rotatable bonds is 5. The summed E-state index contributed by atoms with van der Waals surface area (Å²) in [6.07, 6.45) is 2.61. The number of nitrogens with one attached hydrogen (secondary N) is 1. The quantitative estimate of drug-likeness (QED) is 0.869. The van der Waals surface area contributed by atoms with Crippen molar-refractivity contribution in [3.05, 3.63) is 35.8 Å². The van der Waals surface area contributed by atoms with Crippen LogP contribution in [0.4, 0.5) is 4.39 Å². The Labute approximate surface area is 113 Å². The molecule has 3 heteroatoms. The highest BCUT2D eigenvalue weighted by Gasteiger charge is 2.35. The van der Waals surface area contributed by atoms with Crippen molar-refractivity contribution in [2.45, 2.75) is 32.7 Å². The van der Waals surface area contributed by atoms with E-state index in [1.807, 2.05) is 12.1 Å². The van der Waals surface area contributed by atoms with Crippen LogP contribution < -0.4 is 5.32 Å². The highest BCUT2D eigenvalue weighted by atomic mass is 19.1. The molecule has 2 aromatic rings. The van der Waals surface area contributed by atoms with E-state index < -0.39 is 0 Å². The molecule has 0 saturated heterocycles. The molecule has 2 nitrogen and oxygen atoms in total. The first kappa shape index (κ1) is 12.7. The number of halogens is 1. The average Bonchev–Trinajstić information content (AvgIpc) is 3.15. The Bertz CT molecular complexity index is 573. The second kappa shape index (κ2) is 4.97. The van der Waals surface area contributed by atoms with Crippen LogP contribution in [0, 0.1) is 17.7 Å². The summed E-state index contributed by atoms with van der Waals surface area (Å²) >= 11 is 0. The molecule has 1 aromatic carbocycles. The molecule has 1 aliphatic rings. The minimum atomic E-state index is -0.280. The largest absolute Gasteiger partial charge is 0.456 e. The molecule has 1 aromatic heterocycles. The predicted octanol–water partition coefficient (Wildman–Crippen LogP) is 4.27. The summed E-state index contributed by atoms with van der Waals surface area (Å²) in [6.45, 7) is 5.24. The van der Waals surface area contributed by atoms with Crippen molar-refractivity contribution in [1.82, 2.24) is 5.32 Å². The van der Waals surface area contributed by atoms with E-state index in [0.717, 1.165) is 23.6 Å². The van der Waals surface area contributed by atoms with Gasteiger partial charge in [-0.2, -0.15) is 0 Å². The SMILES string of the molecule is CCNC(c1cc2cccc(F)c2o1)C(C)C1CC1. The summed E-state index contributed by atoms with van der Waals surface area (Å²) in [5, 5.41) is 4.33. The van der Waals surface area contributed by atoms with Crippen LogP contribution in [0.3, 0.4) is 0 Å². The standard InChI is InChI=1S/C16H20FNO/c1-3-18-15(10(2)11-7-8-11)14-9-12-5-4-6-13(17)16(12)19-14/h4-6,9-11,15,18H,3,7-8H2,1-2H3. The van der Waals surface area contributed by atoms with Crippen LogP contribution in [0.2, 0.25) is 0 Å². The Morgan fingerprint density at radius 1 is 1.42 bits per heavy atom. The first-order valence-corrected chi connectivity index (χ1v) is 7.12. The lowest BCUT2D eigenvalue weighted by molar-refractivity contribution is 0.309. The molecule has 1 aliphatic carbocycles. The van der Waals surface area contributed by atoms with Gasteiger partial charge in [0.05, 0.1) is 6.04 Å². The summed E-state index contributed by atoms with van der Waals surface area (Å²) in [5.74, 6) is 1.89. The Balaban J connectivity index is 1.97. The Morgan fingerprint density at radius 2 is 2.21 bits per heavy atom. The van der Waals surface area contributed by atoms with Gasteiger partial charge < -0.3 is 9.73 Å². The van der Waals surface area contributed by atoms with Crippen molar-refractivity contribution in [2.75, 3.05) is 6.54 Å². The number of furan rings is 1. The molecule has 19 heavy (non-hydrogen) atoms. The van der Waals surface area contributed by atoms with Gasteiger partial charge >= 0.3 is 0 Å². The fourth-order valence-corrected chi connectivity index (χ4v) is 2.86. The number of fused-ring (bicyclic) bond motifs is 1. The Kier molecular flexibility index (Phi) is 3.31.